The molecule has 35 heavy (non-hydrogen) atoms. The fourth-order valence-corrected chi connectivity index (χ4v) is 4.11. The van der Waals surface area contributed by atoms with Crippen molar-refractivity contribution in [3.63, 3.8) is 0 Å². The first kappa shape index (κ1) is 24.2. The van der Waals surface area contributed by atoms with Crippen LogP contribution in [0.2, 0.25) is 0 Å². The van der Waals surface area contributed by atoms with Crippen molar-refractivity contribution in [2.45, 2.75) is 26.8 Å². The number of amides is 3. The van der Waals surface area contributed by atoms with Crippen LogP contribution in [0.1, 0.15) is 40.1 Å². The maximum absolute atomic E-state index is 13.2. The van der Waals surface area contributed by atoms with Gasteiger partial charge >= 0.3 is 11.8 Å². The van der Waals surface area contributed by atoms with Crippen LogP contribution in [-0.4, -0.2) is 22.4 Å². The predicted molar refractivity (Wildman–Crippen MR) is 141 cm³/mol. The van der Waals surface area contributed by atoms with Crippen LogP contribution in [-0.2, 0) is 9.59 Å². The lowest BCUT2D eigenvalue weighted by atomic mass is 10.1. The topological polar surface area (TPSA) is 92.2 Å². The number of benzene rings is 3. The minimum Gasteiger partial charge on any atom is -0.341 e. The number of halogens is 1. The summed E-state index contributed by atoms with van der Waals surface area (Å²) in [7, 11) is 0. The molecule has 0 saturated carbocycles. The molecular weight excluding hydrogens is 508 g/mol. The second-order valence-corrected chi connectivity index (χ2v) is 9.28. The van der Waals surface area contributed by atoms with Gasteiger partial charge in [-0.2, -0.15) is 0 Å². The van der Waals surface area contributed by atoms with Crippen LogP contribution in [0.5, 0.6) is 0 Å². The van der Waals surface area contributed by atoms with E-state index in [-0.39, 0.29) is 11.7 Å². The number of rotatable bonds is 5. The highest BCUT2D eigenvalue weighted by molar-refractivity contribution is 9.10. The first-order valence-electron chi connectivity index (χ1n) is 11.1. The summed E-state index contributed by atoms with van der Waals surface area (Å²) in [4.78, 5) is 38.7. The predicted octanol–water partition coefficient (Wildman–Crippen LogP) is 5.22. The largest absolute Gasteiger partial charge is 0.341 e. The second-order valence-electron chi connectivity index (χ2n) is 8.37. The van der Waals surface area contributed by atoms with Crippen molar-refractivity contribution in [1.82, 2.24) is 9.99 Å². The number of anilines is 1. The average Bonchev–Trinajstić information content (AvgIpc) is 3.19. The Kier molecular flexibility index (Phi) is 7.02. The lowest BCUT2D eigenvalue weighted by Crippen LogP contribution is -2.40. The molecular formula is C27H25BrN4O3. The molecule has 3 N–H and O–H groups in total. The number of nitrogens with zero attached hydrogens (tertiary/aromatic N) is 1. The van der Waals surface area contributed by atoms with Crippen molar-refractivity contribution in [2.24, 2.45) is 0 Å². The van der Waals surface area contributed by atoms with Crippen molar-refractivity contribution in [2.75, 3.05) is 10.7 Å². The van der Waals surface area contributed by atoms with E-state index in [9.17, 15) is 14.4 Å². The molecule has 0 bridgehead atoms. The molecule has 0 aliphatic carbocycles. The van der Waals surface area contributed by atoms with E-state index in [1.54, 1.807) is 25.1 Å². The maximum atomic E-state index is 13.2. The Morgan fingerprint density at radius 3 is 2.31 bits per heavy atom. The van der Waals surface area contributed by atoms with Crippen LogP contribution in [0, 0.1) is 13.8 Å². The standard InChI is InChI=1S/C27H25BrN4O3/c1-16-9-11-22(13-17(16)2)30-25(33)24-15-20-14-21(28)10-12-23(20)32(24)31-27(35)26(34)29-18(3)19-7-5-4-6-8-19/h4-15,18H,1-3H3,(H,29,34)(H,30,33)(H,31,35)/t18-/m1/s1. The molecule has 0 unspecified atom stereocenters. The molecule has 0 aliphatic heterocycles. The Morgan fingerprint density at radius 2 is 1.60 bits per heavy atom. The Morgan fingerprint density at radius 1 is 0.857 bits per heavy atom. The zero-order chi connectivity index (χ0) is 25.1. The van der Waals surface area contributed by atoms with E-state index in [4.69, 9.17) is 0 Å². The van der Waals surface area contributed by atoms with Crippen LogP contribution in [0.25, 0.3) is 10.9 Å². The van der Waals surface area contributed by atoms with Crippen LogP contribution < -0.4 is 16.1 Å². The van der Waals surface area contributed by atoms with Gasteiger partial charge in [-0.05, 0) is 73.9 Å². The summed E-state index contributed by atoms with van der Waals surface area (Å²) < 4.78 is 2.16. The highest BCUT2D eigenvalue weighted by atomic mass is 79.9. The zero-order valence-corrected chi connectivity index (χ0v) is 21.1. The molecule has 8 heteroatoms. The molecule has 0 aliphatic rings. The van der Waals surface area contributed by atoms with Gasteiger partial charge in [0.2, 0.25) is 0 Å². The molecule has 3 aromatic carbocycles. The Bertz CT molecular complexity index is 1430. The first-order valence-corrected chi connectivity index (χ1v) is 11.9. The fourth-order valence-electron chi connectivity index (χ4n) is 3.73. The van der Waals surface area contributed by atoms with Crippen molar-refractivity contribution in [1.29, 1.82) is 0 Å². The molecule has 178 valence electrons. The van der Waals surface area contributed by atoms with Crippen LogP contribution >= 0.6 is 15.9 Å². The summed E-state index contributed by atoms with van der Waals surface area (Å²) in [6, 6.07) is 21.7. The molecule has 0 radical (unpaired) electrons. The van der Waals surface area contributed by atoms with Gasteiger partial charge < -0.3 is 10.6 Å². The van der Waals surface area contributed by atoms with Gasteiger partial charge in [-0.3, -0.25) is 19.8 Å². The van der Waals surface area contributed by atoms with E-state index in [2.05, 4.69) is 32.0 Å². The maximum Gasteiger partial charge on any atom is 0.328 e. The number of hydrogen-bond donors (Lipinski definition) is 3. The SMILES string of the molecule is Cc1ccc(NC(=O)c2cc3cc(Br)ccc3n2NC(=O)C(=O)N[C@H](C)c2ccccc2)cc1C. The molecule has 0 fully saturated rings. The van der Waals surface area contributed by atoms with Crippen molar-refractivity contribution < 1.29 is 14.4 Å². The lowest BCUT2D eigenvalue weighted by molar-refractivity contribution is -0.137. The highest BCUT2D eigenvalue weighted by Gasteiger charge is 2.22. The summed E-state index contributed by atoms with van der Waals surface area (Å²) in [6.45, 7) is 5.76. The summed E-state index contributed by atoms with van der Waals surface area (Å²) >= 11 is 3.43. The van der Waals surface area contributed by atoms with Gasteiger partial charge in [-0.15, -0.1) is 0 Å². The number of aromatic nitrogens is 1. The number of carbonyl (C=O) groups is 3. The van der Waals surface area contributed by atoms with Gasteiger partial charge in [-0.1, -0.05) is 52.3 Å². The number of fused-ring (bicyclic) bond motifs is 1. The van der Waals surface area contributed by atoms with E-state index in [0.29, 0.717) is 11.2 Å². The minimum absolute atomic E-state index is 0.189. The Labute approximate surface area is 211 Å². The van der Waals surface area contributed by atoms with E-state index < -0.39 is 17.7 Å². The summed E-state index contributed by atoms with van der Waals surface area (Å²) in [5, 5.41) is 6.29. The molecule has 0 spiro atoms. The van der Waals surface area contributed by atoms with Gasteiger partial charge in [-0.25, -0.2) is 4.68 Å². The first-order chi connectivity index (χ1) is 16.7. The van der Waals surface area contributed by atoms with Gasteiger partial charge in [0.25, 0.3) is 5.91 Å². The van der Waals surface area contributed by atoms with Crippen LogP contribution in [0.3, 0.4) is 0 Å². The third kappa shape index (κ3) is 5.44. The zero-order valence-electron chi connectivity index (χ0n) is 19.6. The molecule has 4 rings (SSSR count). The Balaban J connectivity index is 1.60. The molecule has 0 saturated heterocycles. The van der Waals surface area contributed by atoms with Gasteiger partial charge in [0.05, 0.1) is 11.6 Å². The fraction of sp³-hybridized carbons (Fsp3) is 0.148. The van der Waals surface area contributed by atoms with Gasteiger partial charge in [0, 0.05) is 15.5 Å². The molecule has 1 atom stereocenters. The Hall–Kier alpha value is -3.91. The van der Waals surface area contributed by atoms with Crippen LogP contribution in [0.4, 0.5) is 5.69 Å². The molecule has 1 heterocycles. The van der Waals surface area contributed by atoms with E-state index in [1.807, 2.05) is 68.4 Å². The molecule has 3 amide bonds. The normalized spacial score (nSPS) is 11.7. The molecule has 4 aromatic rings. The monoisotopic (exact) mass is 532 g/mol. The number of aryl methyl sites for hydroxylation is 2. The van der Waals surface area contributed by atoms with Gasteiger partial charge in [0.15, 0.2) is 0 Å². The van der Waals surface area contributed by atoms with Crippen LogP contribution in [0.15, 0.2) is 77.3 Å². The quantitative estimate of drug-likeness (QED) is 0.307. The summed E-state index contributed by atoms with van der Waals surface area (Å²) in [6.07, 6.45) is 0. The highest BCUT2D eigenvalue weighted by Crippen LogP contribution is 2.24. The third-order valence-corrected chi connectivity index (χ3v) is 6.32. The summed E-state index contributed by atoms with van der Waals surface area (Å²) in [5.41, 5.74) is 7.03. The molecule has 1 aromatic heterocycles. The van der Waals surface area contributed by atoms with Gasteiger partial charge in [0.1, 0.15) is 5.69 Å². The van der Waals surface area contributed by atoms with Crippen molar-refractivity contribution >= 4 is 50.2 Å². The smallest absolute Gasteiger partial charge is 0.328 e. The van der Waals surface area contributed by atoms with E-state index >= 15 is 0 Å². The lowest BCUT2D eigenvalue weighted by Gasteiger charge is -2.16. The average molecular weight is 533 g/mol. The van der Waals surface area contributed by atoms with Crippen molar-refractivity contribution in [3.05, 3.63) is 99.7 Å². The minimum atomic E-state index is -0.881. The summed E-state index contributed by atoms with van der Waals surface area (Å²) in [5.74, 6) is -2.10. The van der Waals surface area contributed by atoms with E-state index in [0.717, 1.165) is 26.5 Å². The second kappa shape index (κ2) is 10.1. The molecule has 7 nitrogen and oxygen atoms in total. The number of nitrogens with one attached hydrogen (secondary N) is 3. The number of hydrogen-bond acceptors (Lipinski definition) is 3. The van der Waals surface area contributed by atoms with Crippen molar-refractivity contribution in [3.8, 4) is 0 Å². The van der Waals surface area contributed by atoms with E-state index in [1.165, 1.54) is 4.68 Å². The number of carbonyl (C=O) groups excluding carboxylic acids is 3. The third-order valence-electron chi connectivity index (χ3n) is 5.83.